The molecular weight excluding hydrogens is 264 g/mol. The summed E-state index contributed by atoms with van der Waals surface area (Å²) < 4.78 is 5.48. The summed E-state index contributed by atoms with van der Waals surface area (Å²) in [7, 11) is 0. The second kappa shape index (κ2) is 4.66. The SMILES string of the molecule is O=C(c1ccc2c(c1)CCO2)c1cccc2nccnc12. The van der Waals surface area contributed by atoms with Gasteiger partial charge in [-0.1, -0.05) is 6.07 Å². The number of hydrogen-bond acceptors (Lipinski definition) is 4. The Labute approximate surface area is 121 Å². The molecule has 3 aromatic rings. The molecule has 0 atom stereocenters. The third-order valence-corrected chi connectivity index (χ3v) is 3.69. The lowest BCUT2D eigenvalue weighted by molar-refractivity contribution is 0.104. The molecule has 0 radical (unpaired) electrons. The summed E-state index contributed by atoms with van der Waals surface area (Å²) in [6.07, 6.45) is 4.09. The summed E-state index contributed by atoms with van der Waals surface area (Å²) >= 11 is 0. The molecule has 0 fully saturated rings. The molecule has 0 saturated heterocycles. The van der Waals surface area contributed by atoms with Gasteiger partial charge in [-0.2, -0.15) is 0 Å². The van der Waals surface area contributed by atoms with Crippen molar-refractivity contribution in [3.63, 3.8) is 0 Å². The number of ether oxygens (including phenoxy) is 1. The number of carbonyl (C=O) groups excluding carboxylic acids is 1. The number of para-hydroxylation sites is 1. The molecule has 0 amide bonds. The summed E-state index contributed by atoms with van der Waals surface area (Å²) in [4.78, 5) is 21.3. The van der Waals surface area contributed by atoms with E-state index in [1.165, 1.54) is 0 Å². The second-order valence-corrected chi connectivity index (χ2v) is 4.98. The molecule has 4 rings (SSSR count). The number of hydrogen-bond donors (Lipinski definition) is 0. The standard InChI is InChI=1S/C17H12N2O2/c20-17(12-4-5-15-11(10-12)6-9-21-15)13-2-1-3-14-16(13)19-8-7-18-14/h1-5,7-8,10H,6,9H2. The Bertz CT molecular complexity index is 853. The molecule has 0 unspecified atom stereocenters. The predicted octanol–water partition coefficient (Wildman–Crippen LogP) is 2.80. The van der Waals surface area contributed by atoms with Crippen molar-refractivity contribution in [1.82, 2.24) is 9.97 Å². The number of aromatic nitrogens is 2. The number of carbonyl (C=O) groups is 1. The van der Waals surface area contributed by atoms with Crippen molar-refractivity contribution in [3.8, 4) is 5.75 Å². The molecule has 1 aliphatic heterocycles. The van der Waals surface area contributed by atoms with Gasteiger partial charge in [0.2, 0.25) is 0 Å². The molecular formula is C17H12N2O2. The van der Waals surface area contributed by atoms with Crippen LogP contribution in [0.15, 0.2) is 48.8 Å². The highest BCUT2D eigenvalue weighted by Crippen LogP contribution is 2.27. The van der Waals surface area contributed by atoms with E-state index < -0.39 is 0 Å². The predicted molar refractivity (Wildman–Crippen MR) is 78.6 cm³/mol. The average Bonchev–Trinajstić information content (AvgIpc) is 3.01. The van der Waals surface area contributed by atoms with Crippen molar-refractivity contribution in [2.24, 2.45) is 0 Å². The first-order chi connectivity index (χ1) is 10.3. The molecule has 0 aliphatic carbocycles. The molecule has 1 aliphatic rings. The summed E-state index contributed by atoms with van der Waals surface area (Å²) in [5.41, 5.74) is 3.71. The minimum absolute atomic E-state index is 0.0317. The zero-order valence-electron chi connectivity index (χ0n) is 11.2. The molecule has 1 aromatic heterocycles. The maximum Gasteiger partial charge on any atom is 0.195 e. The number of benzene rings is 2. The van der Waals surface area contributed by atoms with Gasteiger partial charge in [0.05, 0.1) is 23.2 Å². The molecule has 102 valence electrons. The second-order valence-electron chi connectivity index (χ2n) is 4.98. The Morgan fingerprint density at radius 1 is 1.10 bits per heavy atom. The zero-order valence-corrected chi connectivity index (χ0v) is 11.2. The van der Waals surface area contributed by atoms with Crippen molar-refractivity contribution in [1.29, 1.82) is 0 Å². The first-order valence-corrected chi connectivity index (χ1v) is 6.83. The Kier molecular flexibility index (Phi) is 2.67. The minimum Gasteiger partial charge on any atom is -0.493 e. The molecule has 0 N–H and O–H groups in total. The van der Waals surface area contributed by atoms with Gasteiger partial charge in [-0.3, -0.25) is 14.8 Å². The van der Waals surface area contributed by atoms with Gasteiger partial charge >= 0.3 is 0 Å². The van der Waals surface area contributed by atoms with Gasteiger partial charge in [-0.25, -0.2) is 0 Å². The lowest BCUT2D eigenvalue weighted by Gasteiger charge is -2.06. The smallest absolute Gasteiger partial charge is 0.195 e. The molecule has 0 saturated carbocycles. The number of rotatable bonds is 2. The van der Waals surface area contributed by atoms with E-state index in [4.69, 9.17) is 4.74 Å². The van der Waals surface area contributed by atoms with E-state index >= 15 is 0 Å². The Hall–Kier alpha value is -2.75. The summed E-state index contributed by atoms with van der Waals surface area (Å²) in [6, 6.07) is 11.1. The van der Waals surface area contributed by atoms with Crippen LogP contribution in [0, 0.1) is 0 Å². The first kappa shape index (κ1) is 12.0. The van der Waals surface area contributed by atoms with Crippen LogP contribution in [0.5, 0.6) is 5.75 Å². The third-order valence-electron chi connectivity index (χ3n) is 3.69. The van der Waals surface area contributed by atoms with Crippen molar-refractivity contribution in [2.75, 3.05) is 6.61 Å². The molecule has 21 heavy (non-hydrogen) atoms. The van der Waals surface area contributed by atoms with Gasteiger partial charge < -0.3 is 4.74 Å². The third kappa shape index (κ3) is 1.96. The highest BCUT2D eigenvalue weighted by Gasteiger charge is 2.18. The number of ketones is 1. The van der Waals surface area contributed by atoms with E-state index in [1.54, 1.807) is 18.5 Å². The fourth-order valence-corrected chi connectivity index (χ4v) is 2.66. The zero-order chi connectivity index (χ0) is 14.2. The van der Waals surface area contributed by atoms with Crippen molar-refractivity contribution in [2.45, 2.75) is 6.42 Å². The van der Waals surface area contributed by atoms with Crippen molar-refractivity contribution >= 4 is 16.8 Å². The minimum atomic E-state index is -0.0317. The van der Waals surface area contributed by atoms with Crippen molar-refractivity contribution in [3.05, 3.63) is 65.5 Å². The molecule has 2 heterocycles. The van der Waals surface area contributed by atoms with Gasteiger partial charge in [0.15, 0.2) is 5.78 Å². The van der Waals surface area contributed by atoms with E-state index in [0.717, 1.165) is 23.3 Å². The van der Waals surface area contributed by atoms with E-state index in [2.05, 4.69) is 9.97 Å². The fraction of sp³-hybridized carbons (Fsp3) is 0.118. The maximum atomic E-state index is 12.8. The number of fused-ring (bicyclic) bond motifs is 2. The lowest BCUT2D eigenvalue weighted by Crippen LogP contribution is -2.04. The molecule has 4 nitrogen and oxygen atoms in total. The van der Waals surface area contributed by atoms with Crippen LogP contribution in [0.4, 0.5) is 0 Å². The highest BCUT2D eigenvalue weighted by atomic mass is 16.5. The Morgan fingerprint density at radius 2 is 2.00 bits per heavy atom. The van der Waals surface area contributed by atoms with Gasteiger partial charge in [0.25, 0.3) is 0 Å². The van der Waals surface area contributed by atoms with E-state index in [0.29, 0.717) is 23.3 Å². The van der Waals surface area contributed by atoms with Crippen LogP contribution in [0.1, 0.15) is 21.5 Å². The van der Waals surface area contributed by atoms with Crippen LogP contribution in [0.2, 0.25) is 0 Å². The fourth-order valence-electron chi connectivity index (χ4n) is 2.66. The summed E-state index contributed by atoms with van der Waals surface area (Å²) in [5, 5.41) is 0. The van der Waals surface area contributed by atoms with Crippen LogP contribution < -0.4 is 4.74 Å². The maximum absolute atomic E-state index is 12.8. The topological polar surface area (TPSA) is 52.1 Å². The first-order valence-electron chi connectivity index (χ1n) is 6.83. The van der Waals surface area contributed by atoms with Gasteiger partial charge in [0, 0.05) is 24.4 Å². The summed E-state index contributed by atoms with van der Waals surface area (Å²) in [5.74, 6) is 0.847. The van der Waals surface area contributed by atoms with Gasteiger partial charge in [0.1, 0.15) is 5.75 Å². The van der Waals surface area contributed by atoms with Gasteiger partial charge in [-0.05, 0) is 35.9 Å². The molecule has 0 bridgehead atoms. The molecule has 2 aromatic carbocycles. The van der Waals surface area contributed by atoms with Crippen LogP contribution in [0.25, 0.3) is 11.0 Å². The Morgan fingerprint density at radius 3 is 2.95 bits per heavy atom. The quantitative estimate of drug-likeness (QED) is 0.675. The van der Waals surface area contributed by atoms with E-state index in [1.807, 2.05) is 30.3 Å². The van der Waals surface area contributed by atoms with Crippen molar-refractivity contribution < 1.29 is 9.53 Å². The molecule has 0 spiro atoms. The van der Waals surface area contributed by atoms with Crippen LogP contribution in [-0.4, -0.2) is 22.4 Å². The van der Waals surface area contributed by atoms with Crippen LogP contribution >= 0.6 is 0 Å². The average molecular weight is 276 g/mol. The largest absolute Gasteiger partial charge is 0.493 e. The van der Waals surface area contributed by atoms with E-state index in [9.17, 15) is 4.79 Å². The summed E-state index contributed by atoms with van der Waals surface area (Å²) in [6.45, 7) is 0.687. The number of nitrogens with zero attached hydrogens (tertiary/aromatic N) is 2. The van der Waals surface area contributed by atoms with Crippen LogP contribution in [0.3, 0.4) is 0 Å². The molecule has 4 heteroatoms. The van der Waals surface area contributed by atoms with Crippen LogP contribution in [-0.2, 0) is 6.42 Å². The van der Waals surface area contributed by atoms with E-state index in [-0.39, 0.29) is 5.78 Å². The highest BCUT2D eigenvalue weighted by molar-refractivity contribution is 6.15. The lowest BCUT2D eigenvalue weighted by atomic mass is 9.99. The van der Waals surface area contributed by atoms with Gasteiger partial charge in [-0.15, -0.1) is 0 Å². The monoisotopic (exact) mass is 276 g/mol. The Balaban J connectivity index is 1.83. The normalized spacial score (nSPS) is 13.0.